The molecule has 1 fully saturated rings. The van der Waals surface area contributed by atoms with E-state index in [1.807, 2.05) is 39.0 Å². The van der Waals surface area contributed by atoms with Crippen molar-refractivity contribution in [3.63, 3.8) is 0 Å². The average molecular weight is 440 g/mol. The molecule has 1 aliphatic heterocycles. The minimum absolute atomic E-state index is 0.0870. The maximum Gasteiger partial charge on any atom is 0.311 e. The second-order valence-electron chi connectivity index (χ2n) is 9.58. The van der Waals surface area contributed by atoms with Crippen LogP contribution >= 0.6 is 0 Å². The van der Waals surface area contributed by atoms with Gasteiger partial charge in [0.2, 0.25) is 0 Å². The molecule has 0 amide bonds. The summed E-state index contributed by atoms with van der Waals surface area (Å²) >= 11 is 0. The van der Waals surface area contributed by atoms with E-state index in [0.717, 1.165) is 37.4 Å². The Morgan fingerprint density at radius 2 is 1.72 bits per heavy atom. The van der Waals surface area contributed by atoms with Gasteiger partial charge in [-0.15, -0.1) is 0 Å². The maximum atomic E-state index is 13.3. The van der Waals surface area contributed by atoms with Gasteiger partial charge in [-0.1, -0.05) is 36.4 Å². The van der Waals surface area contributed by atoms with Crippen molar-refractivity contribution in [1.29, 1.82) is 0 Å². The van der Waals surface area contributed by atoms with Crippen LogP contribution in [0.5, 0.6) is 11.5 Å². The van der Waals surface area contributed by atoms with E-state index < -0.39 is 5.60 Å². The van der Waals surface area contributed by atoms with Gasteiger partial charge in [0.15, 0.2) is 11.5 Å². The fourth-order valence-electron chi connectivity index (χ4n) is 4.68. The second kappa shape index (κ2) is 10.4. The molecule has 32 heavy (non-hydrogen) atoms. The van der Waals surface area contributed by atoms with Gasteiger partial charge in [0.25, 0.3) is 0 Å². The van der Waals surface area contributed by atoms with Crippen molar-refractivity contribution in [1.82, 2.24) is 4.90 Å². The lowest BCUT2D eigenvalue weighted by atomic mass is 9.76. The van der Waals surface area contributed by atoms with Gasteiger partial charge in [-0.25, -0.2) is 0 Å². The summed E-state index contributed by atoms with van der Waals surface area (Å²) in [4.78, 5) is 15.7. The molecule has 174 valence electrons. The highest BCUT2D eigenvalue weighted by Crippen LogP contribution is 2.38. The average Bonchev–Trinajstić information content (AvgIpc) is 2.77. The summed E-state index contributed by atoms with van der Waals surface area (Å²) in [7, 11) is 3.30. The van der Waals surface area contributed by atoms with E-state index in [-0.39, 0.29) is 23.8 Å². The molecule has 0 spiro atoms. The predicted octanol–water partition coefficient (Wildman–Crippen LogP) is 5.08. The molecule has 5 heteroatoms. The van der Waals surface area contributed by atoms with Gasteiger partial charge in [0.1, 0.15) is 5.60 Å². The normalized spacial score (nSPS) is 21.8. The van der Waals surface area contributed by atoms with Crippen molar-refractivity contribution in [2.75, 3.05) is 27.3 Å². The third kappa shape index (κ3) is 5.83. The van der Waals surface area contributed by atoms with Gasteiger partial charge >= 0.3 is 5.97 Å². The molecule has 0 saturated carbocycles. The van der Waals surface area contributed by atoms with Gasteiger partial charge in [-0.3, -0.25) is 9.69 Å². The summed E-state index contributed by atoms with van der Waals surface area (Å²) in [6, 6.07) is 16.5. The molecule has 0 bridgehead atoms. The van der Waals surface area contributed by atoms with E-state index in [2.05, 4.69) is 42.2 Å². The van der Waals surface area contributed by atoms with E-state index in [0.29, 0.717) is 0 Å². The number of nitrogens with zero attached hydrogens (tertiary/aromatic N) is 1. The van der Waals surface area contributed by atoms with Crippen LogP contribution in [0, 0.1) is 5.92 Å². The number of methoxy groups -OCH3 is 2. The standard InChI is InChI=1S/C27H37NO4/c1-19-25(26(29)32-27(2,3)4)22(21-10-8-7-9-11-21)15-17-28(19)16-14-20-12-13-23(30-5)24(18-20)31-6/h7-13,18-19,22,25H,14-17H2,1-6H3/t19-,22+,25+/m1/s1. The molecule has 0 aliphatic carbocycles. The topological polar surface area (TPSA) is 48.0 Å². The molecule has 0 N–H and O–H groups in total. The minimum atomic E-state index is -0.500. The largest absolute Gasteiger partial charge is 0.493 e. The van der Waals surface area contributed by atoms with E-state index in [1.165, 1.54) is 11.1 Å². The summed E-state index contributed by atoms with van der Waals surface area (Å²) in [6.45, 7) is 9.79. The number of ether oxygens (including phenoxy) is 3. The quantitative estimate of drug-likeness (QED) is 0.563. The molecule has 2 aromatic carbocycles. The highest BCUT2D eigenvalue weighted by Gasteiger charge is 2.42. The number of piperidine rings is 1. The molecular weight excluding hydrogens is 402 g/mol. The Morgan fingerprint density at radius 3 is 2.34 bits per heavy atom. The highest BCUT2D eigenvalue weighted by atomic mass is 16.6. The van der Waals surface area contributed by atoms with E-state index in [9.17, 15) is 4.79 Å². The lowest BCUT2D eigenvalue weighted by molar-refractivity contribution is -0.165. The first-order valence-electron chi connectivity index (χ1n) is 11.5. The van der Waals surface area contributed by atoms with Crippen LogP contribution in [0.25, 0.3) is 0 Å². The summed E-state index contributed by atoms with van der Waals surface area (Å²) in [5.41, 5.74) is 1.91. The summed E-state index contributed by atoms with van der Waals surface area (Å²) in [6.07, 6.45) is 1.81. The molecule has 1 aliphatic rings. The SMILES string of the molecule is COc1ccc(CCN2CC[C@@H](c3ccccc3)[C@@H](C(=O)OC(C)(C)C)[C@H]2C)cc1OC. The fourth-order valence-corrected chi connectivity index (χ4v) is 4.68. The van der Waals surface area contributed by atoms with Gasteiger partial charge < -0.3 is 14.2 Å². The van der Waals surface area contributed by atoms with Gasteiger partial charge in [0.05, 0.1) is 20.1 Å². The van der Waals surface area contributed by atoms with Crippen LogP contribution in [0.1, 0.15) is 51.2 Å². The van der Waals surface area contributed by atoms with Crippen LogP contribution in [0.15, 0.2) is 48.5 Å². The first-order valence-corrected chi connectivity index (χ1v) is 11.5. The number of hydrogen-bond donors (Lipinski definition) is 0. The first kappa shape index (κ1) is 24.1. The number of rotatable bonds is 7. The molecule has 3 rings (SSSR count). The minimum Gasteiger partial charge on any atom is -0.493 e. The Labute approximate surface area is 192 Å². The molecule has 0 unspecified atom stereocenters. The Hall–Kier alpha value is -2.53. The van der Waals surface area contributed by atoms with Crippen LogP contribution in [0.4, 0.5) is 0 Å². The van der Waals surface area contributed by atoms with E-state index >= 15 is 0 Å². The number of carbonyl (C=O) groups excluding carboxylic acids is 1. The smallest absolute Gasteiger partial charge is 0.311 e. The Kier molecular flexibility index (Phi) is 7.83. The Balaban J connectivity index is 1.77. The second-order valence-corrected chi connectivity index (χ2v) is 9.58. The lowest BCUT2D eigenvalue weighted by Crippen LogP contribution is -2.51. The van der Waals surface area contributed by atoms with Crippen molar-refractivity contribution in [3.05, 3.63) is 59.7 Å². The zero-order chi connectivity index (χ0) is 23.3. The van der Waals surface area contributed by atoms with E-state index in [4.69, 9.17) is 14.2 Å². The van der Waals surface area contributed by atoms with Crippen molar-refractivity contribution in [2.24, 2.45) is 5.92 Å². The van der Waals surface area contributed by atoms with Crippen molar-refractivity contribution < 1.29 is 19.0 Å². The molecule has 2 aromatic rings. The van der Waals surface area contributed by atoms with E-state index in [1.54, 1.807) is 14.2 Å². The molecule has 0 radical (unpaired) electrons. The van der Waals surface area contributed by atoms with Crippen LogP contribution in [-0.4, -0.2) is 49.8 Å². The maximum absolute atomic E-state index is 13.3. The van der Waals surface area contributed by atoms with Crippen LogP contribution in [-0.2, 0) is 16.0 Å². The Bertz CT molecular complexity index is 890. The van der Waals surface area contributed by atoms with Crippen LogP contribution in [0.2, 0.25) is 0 Å². The predicted molar refractivity (Wildman–Crippen MR) is 127 cm³/mol. The van der Waals surface area contributed by atoms with Gasteiger partial charge in [-0.2, -0.15) is 0 Å². The van der Waals surface area contributed by atoms with Gasteiger partial charge in [-0.05, 0) is 76.3 Å². The highest BCUT2D eigenvalue weighted by molar-refractivity contribution is 5.75. The number of likely N-dealkylation sites (tertiary alicyclic amines) is 1. The number of hydrogen-bond acceptors (Lipinski definition) is 5. The molecule has 3 atom stereocenters. The molecule has 5 nitrogen and oxygen atoms in total. The third-order valence-electron chi connectivity index (χ3n) is 6.30. The first-order chi connectivity index (χ1) is 15.2. The van der Waals surface area contributed by atoms with Crippen LogP contribution in [0.3, 0.4) is 0 Å². The number of benzene rings is 2. The monoisotopic (exact) mass is 439 g/mol. The number of carbonyl (C=O) groups is 1. The molecule has 1 saturated heterocycles. The van der Waals surface area contributed by atoms with Crippen molar-refractivity contribution >= 4 is 5.97 Å². The Morgan fingerprint density at radius 1 is 1.03 bits per heavy atom. The fraction of sp³-hybridized carbons (Fsp3) is 0.519. The third-order valence-corrected chi connectivity index (χ3v) is 6.30. The number of esters is 1. The lowest BCUT2D eigenvalue weighted by Gasteiger charge is -2.44. The van der Waals surface area contributed by atoms with Crippen molar-refractivity contribution in [3.8, 4) is 11.5 Å². The zero-order valence-corrected chi connectivity index (χ0v) is 20.3. The van der Waals surface area contributed by atoms with Gasteiger partial charge in [0, 0.05) is 12.6 Å². The molecular formula is C27H37NO4. The zero-order valence-electron chi connectivity index (χ0n) is 20.3. The summed E-state index contributed by atoms with van der Waals surface area (Å²) in [5.74, 6) is 1.34. The molecule has 0 aromatic heterocycles. The van der Waals surface area contributed by atoms with Crippen LogP contribution < -0.4 is 9.47 Å². The summed E-state index contributed by atoms with van der Waals surface area (Å²) in [5, 5.41) is 0. The molecule has 1 heterocycles. The summed E-state index contributed by atoms with van der Waals surface area (Å²) < 4.78 is 16.7. The van der Waals surface area contributed by atoms with Crippen molar-refractivity contribution in [2.45, 2.75) is 58.1 Å².